The summed E-state index contributed by atoms with van der Waals surface area (Å²) >= 11 is 0. The number of nitrogens with zero attached hydrogens (tertiary/aromatic N) is 2. The van der Waals surface area contributed by atoms with Gasteiger partial charge in [-0.2, -0.15) is 5.26 Å². The quantitative estimate of drug-likeness (QED) is 0.779. The van der Waals surface area contributed by atoms with E-state index in [-0.39, 0.29) is 11.8 Å². The summed E-state index contributed by atoms with van der Waals surface area (Å²) in [6.07, 6.45) is -0.946. The molecular formula is C12H12N2O2. The first-order chi connectivity index (χ1) is 7.72. The molecule has 0 unspecified atom stereocenters. The van der Waals surface area contributed by atoms with E-state index in [4.69, 9.17) is 10.4 Å². The SMILES string of the molecule is N#C[C@@H]1CN(C(=O)O)C[C@H]1c1ccccc1. The lowest BCUT2D eigenvalue weighted by Gasteiger charge is -2.12. The maximum absolute atomic E-state index is 10.9. The van der Waals surface area contributed by atoms with Crippen molar-refractivity contribution in [2.75, 3.05) is 13.1 Å². The predicted molar refractivity (Wildman–Crippen MR) is 57.9 cm³/mol. The van der Waals surface area contributed by atoms with Crippen LogP contribution in [0.2, 0.25) is 0 Å². The average Bonchev–Trinajstić information content (AvgIpc) is 2.74. The summed E-state index contributed by atoms with van der Waals surface area (Å²) in [7, 11) is 0. The molecule has 82 valence electrons. The van der Waals surface area contributed by atoms with Crippen molar-refractivity contribution in [1.29, 1.82) is 5.26 Å². The third-order valence-electron chi connectivity index (χ3n) is 2.98. The number of nitriles is 1. The zero-order valence-corrected chi connectivity index (χ0v) is 8.71. The van der Waals surface area contributed by atoms with E-state index in [1.54, 1.807) is 0 Å². The monoisotopic (exact) mass is 216 g/mol. The summed E-state index contributed by atoms with van der Waals surface area (Å²) in [5.41, 5.74) is 1.04. The normalized spacial score (nSPS) is 24.1. The molecule has 0 spiro atoms. The number of benzene rings is 1. The molecule has 1 aliphatic heterocycles. The Morgan fingerprint density at radius 2 is 2.06 bits per heavy atom. The van der Waals surface area contributed by atoms with Gasteiger partial charge in [0.2, 0.25) is 0 Å². The fourth-order valence-corrected chi connectivity index (χ4v) is 2.13. The molecule has 1 heterocycles. The van der Waals surface area contributed by atoms with Crippen molar-refractivity contribution >= 4 is 6.09 Å². The Kier molecular flexibility index (Phi) is 2.78. The highest BCUT2D eigenvalue weighted by atomic mass is 16.4. The standard InChI is InChI=1S/C12H12N2O2/c13-6-10-7-14(12(15)16)8-11(10)9-4-2-1-3-5-9/h1-5,10-11H,7-8H2,(H,15,16)/t10-,11+/m1/s1. The predicted octanol–water partition coefficient (Wildman–Crippen LogP) is 1.90. The van der Waals surface area contributed by atoms with Gasteiger partial charge in [0, 0.05) is 19.0 Å². The zero-order chi connectivity index (χ0) is 11.5. The van der Waals surface area contributed by atoms with E-state index in [2.05, 4.69) is 6.07 Å². The summed E-state index contributed by atoms with van der Waals surface area (Å²) in [6, 6.07) is 11.8. The molecule has 1 saturated heterocycles. The van der Waals surface area contributed by atoms with Gasteiger partial charge in [0.25, 0.3) is 0 Å². The van der Waals surface area contributed by atoms with Gasteiger partial charge >= 0.3 is 6.09 Å². The molecule has 4 nitrogen and oxygen atoms in total. The van der Waals surface area contributed by atoms with Gasteiger partial charge in [-0.3, -0.25) is 0 Å². The highest BCUT2D eigenvalue weighted by Gasteiger charge is 2.36. The van der Waals surface area contributed by atoms with E-state index in [9.17, 15) is 4.79 Å². The van der Waals surface area contributed by atoms with Crippen LogP contribution in [-0.2, 0) is 0 Å². The molecule has 1 amide bonds. The number of carbonyl (C=O) groups is 1. The first-order valence-corrected chi connectivity index (χ1v) is 5.15. The maximum Gasteiger partial charge on any atom is 0.407 e. The lowest BCUT2D eigenvalue weighted by Crippen LogP contribution is -2.26. The Balaban J connectivity index is 2.22. The third kappa shape index (κ3) is 1.84. The van der Waals surface area contributed by atoms with E-state index >= 15 is 0 Å². The van der Waals surface area contributed by atoms with Gasteiger partial charge in [-0.05, 0) is 5.56 Å². The van der Waals surface area contributed by atoms with Crippen molar-refractivity contribution in [2.24, 2.45) is 5.92 Å². The van der Waals surface area contributed by atoms with Crippen molar-refractivity contribution in [2.45, 2.75) is 5.92 Å². The van der Waals surface area contributed by atoms with Crippen LogP contribution in [0.15, 0.2) is 30.3 Å². The molecule has 2 atom stereocenters. The Labute approximate surface area is 93.7 Å². The Bertz CT molecular complexity index is 424. The topological polar surface area (TPSA) is 64.3 Å². The van der Waals surface area contributed by atoms with Gasteiger partial charge in [-0.1, -0.05) is 30.3 Å². The average molecular weight is 216 g/mol. The Morgan fingerprint density at radius 3 is 2.62 bits per heavy atom. The second kappa shape index (κ2) is 4.23. The molecule has 1 aromatic carbocycles. The molecule has 1 N–H and O–H groups in total. The fourth-order valence-electron chi connectivity index (χ4n) is 2.13. The van der Waals surface area contributed by atoms with Crippen LogP contribution in [0.1, 0.15) is 11.5 Å². The number of hydrogen-bond donors (Lipinski definition) is 1. The third-order valence-corrected chi connectivity index (χ3v) is 2.98. The fraction of sp³-hybridized carbons (Fsp3) is 0.333. The molecule has 0 radical (unpaired) electrons. The van der Waals surface area contributed by atoms with Crippen LogP contribution < -0.4 is 0 Å². The Morgan fingerprint density at radius 1 is 1.38 bits per heavy atom. The molecule has 16 heavy (non-hydrogen) atoms. The minimum atomic E-state index is -0.946. The lowest BCUT2D eigenvalue weighted by atomic mass is 9.90. The van der Waals surface area contributed by atoms with Crippen LogP contribution in [0.4, 0.5) is 4.79 Å². The van der Waals surface area contributed by atoms with E-state index < -0.39 is 6.09 Å². The largest absolute Gasteiger partial charge is 0.465 e. The molecule has 1 fully saturated rings. The van der Waals surface area contributed by atoms with Crippen LogP contribution in [0.5, 0.6) is 0 Å². The van der Waals surface area contributed by atoms with Crippen molar-refractivity contribution in [1.82, 2.24) is 4.90 Å². The summed E-state index contributed by atoms with van der Waals surface area (Å²) < 4.78 is 0. The maximum atomic E-state index is 10.9. The number of rotatable bonds is 1. The van der Waals surface area contributed by atoms with Crippen molar-refractivity contribution in [3.8, 4) is 6.07 Å². The van der Waals surface area contributed by atoms with E-state index in [1.165, 1.54) is 4.90 Å². The number of hydrogen-bond acceptors (Lipinski definition) is 2. The molecule has 0 aliphatic carbocycles. The van der Waals surface area contributed by atoms with Gasteiger partial charge < -0.3 is 10.0 Å². The smallest absolute Gasteiger partial charge is 0.407 e. The Hall–Kier alpha value is -2.02. The minimum absolute atomic E-state index is 0.00213. The molecule has 4 heteroatoms. The van der Waals surface area contributed by atoms with E-state index in [0.29, 0.717) is 13.1 Å². The summed E-state index contributed by atoms with van der Waals surface area (Å²) in [5, 5.41) is 17.9. The molecular weight excluding hydrogens is 204 g/mol. The summed E-state index contributed by atoms with van der Waals surface area (Å²) in [6.45, 7) is 0.725. The second-order valence-electron chi connectivity index (χ2n) is 3.94. The minimum Gasteiger partial charge on any atom is -0.465 e. The van der Waals surface area contributed by atoms with Gasteiger partial charge in [-0.25, -0.2) is 4.79 Å². The van der Waals surface area contributed by atoms with Crippen LogP contribution in [0.3, 0.4) is 0 Å². The molecule has 1 aromatic rings. The van der Waals surface area contributed by atoms with Crippen LogP contribution in [0.25, 0.3) is 0 Å². The van der Waals surface area contributed by atoms with Gasteiger partial charge in [-0.15, -0.1) is 0 Å². The zero-order valence-electron chi connectivity index (χ0n) is 8.71. The van der Waals surface area contributed by atoms with Crippen LogP contribution >= 0.6 is 0 Å². The molecule has 2 rings (SSSR count). The van der Waals surface area contributed by atoms with Crippen LogP contribution in [0, 0.1) is 17.2 Å². The van der Waals surface area contributed by atoms with Crippen LogP contribution in [-0.4, -0.2) is 29.2 Å². The number of carboxylic acid groups (broad SMARTS) is 1. The van der Waals surface area contributed by atoms with E-state index in [0.717, 1.165) is 5.56 Å². The first-order valence-electron chi connectivity index (χ1n) is 5.15. The van der Waals surface area contributed by atoms with Gasteiger partial charge in [0.15, 0.2) is 0 Å². The molecule has 1 aliphatic rings. The molecule has 0 aromatic heterocycles. The molecule has 0 saturated carbocycles. The second-order valence-corrected chi connectivity index (χ2v) is 3.94. The van der Waals surface area contributed by atoms with Crippen molar-refractivity contribution in [3.05, 3.63) is 35.9 Å². The van der Waals surface area contributed by atoms with Crippen molar-refractivity contribution in [3.63, 3.8) is 0 Å². The van der Waals surface area contributed by atoms with Crippen molar-refractivity contribution < 1.29 is 9.90 Å². The number of likely N-dealkylation sites (tertiary alicyclic amines) is 1. The summed E-state index contributed by atoms with van der Waals surface area (Å²) in [5.74, 6) is -0.235. The number of amides is 1. The van der Waals surface area contributed by atoms with Gasteiger partial charge in [0.1, 0.15) is 0 Å². The highest BCUT2D eigenvalue weighted by molar-refractivity contribution is 5.65. The highest BCUT2D eigenvalue weighted by Crippen LogP contribution is 2.31. The van der Waals surface area contributed by atoms with Gasteiger partial charge in [0.05, 0.1) is 12.0 Å². The first kappa shape index (κ1) is 10.5. The lowest BCUT2D eigenvalue weighted by molar-refractivity contribution is 0.154. The van der Waals surface area contributed by atoms with E-state index in [1.807, 2.05) is 30.3 Å². The molecule has 0 bridgehead atoms. The summed E-state index contributed by atoms with van der Waals surface area (Å²) in [4.78, 5) is 12.2.